The second-order valence-corrected chi connectivity index (χ2v) is 5.65. The lowest BCUT2D eigenvalue weighted by Crippen LogP contribution is -2.05. The molecule has 0 spiro atoms. The highest BCUT2D eigenvalue weighted by molar-refractivity contribution is 7.08. The number of Topliss-reactive ketones (excluding diaryl/α,β-unsaturated/α-hetero) is 1. The Bertz CT molecular complexity index is 595. The second kappa shape index (κ2) is 6.26. The zero-order chi connectivity index (χ0) is 13.8. The Morgan fingerprint density at radius 3 is 2.89 bits per heavy atom. The van der Waals surface area contributed by atoms with E-state index in [0.29, 0.717) is 16.3 Å². The molecule has 0 aliphatic heterocycles. The fourth-order valence-electron chi connectivity index (χ4n) is 1.87. The zero-order valence-corrected chi connectivity index (χ0v) is 12.5. The van der Waals surface area contributed by atoms with Gasteiger partial charge in [-0.15, -0.1) is 5.10 Å². The topological polar surface area (TPSA) is 42.9 Å². The maximum atomic E-state index is 12.3. The van der Waals surface area contributed by atoms with Crippen LogP contribution in [0.15, 0.2) is 18.2 Å². The van der Waals surface area contributed by atoms with Gasteiger partial charge in [0, 0.05) is 11.4 Å². The Morgan fingerprint density at radius 2 is 2.21 bits per heavy atom. The molecule has 1 aromatic heterocycles. The van der Waals surface area contributed by atoms with E-state index in [9.17, 15) is 4.79 Å². The molecule has 0 saturated heterocycles. The predicted octanol–water partition coefficient (Wildman–Crippen LogP) is 3.88. The molecule has 0 atom stereocenters. The van der Waals surface area contributed by atoms with Crippen molar-refractivity contribution in [2.75, 3.05) is 0 Å². The van der Waals surface area contributed by atoms with E-state index in [-0.39, 0.29) is 5.78 Å². The highest BCUT2D eigenvalue weighted by Crippen LogP contribution is 2.21. The van der Waals surface area contributed by atoms with Crippen molar-refractivity contribution in [2.45, 2.75) is 33.1 Å². The van der Waals surface area contributed by atoms with Gasteiger partial charge in [-0.05, 0) is 42.1 Å². The standard InChI is InChI=1S/C14H15ClN2OS/c1-3-4-12-14(19-17-16-12)13(18)8-10-6-5-9(2)7-11(10)15/h5-7H,3-4,8H2,1-2H3. The average Bonchev–Trinajstić information content (AvgIpc) is 2.81. The molecule has 19 heavy (non-hydrogen) atoms. The third kappa shape index (κ3) is 3.39. The molecule has 3 nitrogen and oxygen atoms in total. The summed E-state index contributed by atoms with van der Waals surface area (Å²) in [7, 11) is 0. The lowest BCUT2D eigenvalue weighted by molar-refractivity contribution is 0.0995. The van der Waals surface area contributed by atoms with Gasteiger partial charge >= 0.3 is 0 Å². The fourth-order valence-corrected chi connectivity index (χ4v) is 2.81. The molecule has 0 amide bonds. The first-order chi connectivity index (χ1) is 9.11. The number of hydrogen-bond acceptors (Lipinski definition) is 4. The number of aromatic nitrogens is 2. The van der Waals surface area contributed by atoms with Gasteiger partial charge in [0.15, 0.2) is 5.78 Å². The second-order valence-electron chi connectivity index (χ2n) is 4.49. The molecular weight excluding hydrogens is 280 g/mol. The number of carbonyl (C=O) groups is 1. The van der Waals surface area contributed by atoms with Crippen molar-refractivity contribution in [3.8, 4) is 0 Å². The molecule has 0 unspecified atom stereocenters. The van der Waals surface area contributed by atoms with Crippen molar-refractivity contribution in [1.29, 1.82) is 0 Å². The number of aryl methyl sites for hydroxylation is 2. The number of nitrogens with zero attached hydrogens (tertiary/aromatic N) is 2. The first kappa shape index (κ1) is 14.2. The molecule has 1 aromatic carbocycles. The Kier molecular flexibility index (Phi) is 4.66. The molecule has 0 radical (unpaired) electrons. The number of ketones is 1. The van der Waals surface area contributed by atoms with Gasteiger partial charge in [0.05, 0.1) is 5.69 Å². The minimum absolute atomic E-state index is 0.0456. The van der Waals surface area contributed by atoms with Crippen LogP contribution in [0.4, 0.5) is 0 Å². The molecule has 0 saturated carbocycles. The van der Waals surface area contributed by atoms with Crippen LogP contribution < -0.4 is 0 Å². The molecule has 5 heteroatoms. The summed E-state index contributed by atoms with van der Waals surface area (Å²) >= 11 is 7.33. The molecule has 2 aromatic rings. The summed E-state index contributed by atoms with van der Waals surface area (Å²) < 4.78 is 3.88. The highest BCUT2D eigenvalue weighted by Gasteiger charge is 2.17. The molecule has 0 bridgehead atoms. The summed E-state index contributed by atoms with van der Waals surface area (Å²) in [5.41, 5.74) is 2.75. The smallest absolute Gasteiger partial charge is 0.180 e. The van der Waals surface area contributed by atoms with Gasteiger partial charge in [0.1, 0.15) is 4.88 Å². The third-order valence-electron chi connectivity index (χ3n) is 2.86. The van der Waals surface area contributed by atoms with E-state index in [1.54, 1.807) is 0 Å². The van der Waals surface area contributed by atoms with Crippen molar-refractivity contribution in [1.82, 2.24) is 9.59 Å². The summed E-state index contributed by atoms with van der Waals surface area (Å²) in [5, 5.41) is 4.66. The van der Waals surface area contributed by atoms with Gasteiger partial charge in [-0.3, -0.25) is 4.79 Å². The Morgan fingerprint density at radius 1 is 1.42 bits per heavy atom. The van der Waals surface area contributed by atoms with E-state index in [1.807, 2.05) is 25.1 Å². The molecule has 0 aliphatic carbocycles. The summed E-state index contributed by atoms with van der Waals surface area (Å²) in [6, 6.07) is 5.75. The van der Waals surface area contributed by atoms with Crippen LogP contribution in [-0.2, 0) is 12.8 Å². The maximum absolute atomic E-state index is 12.3. The SMILES string of the molecule is CCCc1nnsc1C(=O)Cc1ccc(C)cc1Cl. The number of hydrogen-bond donors (Lipinski definition) is 0. The molecule has 0 N–H and O–H groups in total. The minimum Gasteiger partial charge on any atom is -0.293 e. The monoisotopic (exact) mass is 294 g/mol. The summed E-state index contributed by atoms with van der Waals surface area (Å²) in [6.07, 6.45) is 2.05. The Hall–Kier alpha value is -1.26. The van der Waals surface area contributed by atoms with E-state index in [2.05, 4.69) is 16.5 Å². The van der Waals surface area contributed by atoms with Crippen LogP contribution >= 0.6 is 23.1 Å². The van der Waals surface area contributed by atoms with E-state index >= 15 is 0 Å². The van der Waals surface area contributed by atoms with E-state index < -0.39 is 0 Å². The predicted molar refractivity (Wildman–Crippen MR) is 78.1 cm³/mol. The van der Waals surface area contributed by atoms with E-state index in [4.69, 9.17) is 11.6 Å². The van der Waals surface area contributed by atoms with Crippen molar-refractivity contribution in [2.24, 2.45) is 0 Å². The largest absolute Gasteiger partial charge is 0.293 e. The normalized spacial score (nSPS) is 10.7. The Labute approximate surface area is 121 Å². The molecule has 0 fully saturated rings. The van der Waals surface area contributed by atoms with Gasteiger partial charge in [0.2, 0.25) is 0 Å². The van der Waals surface area contributed by atoms with E-state index in [0.717, 1.165) is 29.7 Å². The fraction of sp³-hybridized carbons (Fsp3) is 0.357. The first-order valence-electron chi connectivity index (χ1n) is 6.21. The van der Waals surface area contributed by atoms with Crippen LogP contribution in [0.3, 0.4) is 0 Å². The third-order valence-corrected chi connectivity index (χ3v) is 4.02. The number of halogens is 1. The summed E-state index contributed by atoms with van der Waals surface area (Å²) in [5.74, 6) is 0.0456. The van der Waals surface area contributed by atoms with Crippen molar-refractivity contribution in [3.05, 3.63) is 44.9 Å². The molecule has 1 heterocycles. The molecule has 2 rings (SSSR count). The van der Waals surface area contributed by atoms with Gasteiger partial charge in [-0.25, -0.2) is 0 Å². The van der Waals surface area contributed by atoms with Crippen LogP contribution in [0.2, 0.25) is 5.02 Å². The van der Waals surface area contributed by atoms with Crippen LogP contribution in [0.25, 0.3) is 0 Å². The summed E-state index contributed by atoms with van der Waals surface area (Å²) in [6.45, 7) is 4.04. The molecular formula is C14H15ClN2OS. The maximum Gasteiger partial charge on any atom is 0.180 e. The minimum atomic E-state index is 0.0456. The van der Waals surface area contributed by atoms with Crippen molar-refractivity contribution in [3.63, 3.8) is 0 Å². The van der Waals surface area contributed by atoms with Gasteiger partial charge in [-0.1, -0.05) is 41.6 Å². The van der Waals surface area contributed by atoms with Crippen molar-refractivity contribution >= 4 is 28.9 Å². The molecule has 100 valence electrons. The van der Waals surface area contributed by atoms with Gasteiger partial charge in [0.25, 0.3) is 0 Å². The quantitative estimate of drug-likeness (QED) is 0.786. The molecule has 0 aliphatic rings. The Balaban J connectivity index is 2.18. The van der Waals surface area contributed by atoms with Gasteiger partial charge in [-0.2, -0.15) is 0 Å². The number of carbonyl (C=O) groups excluding carboxylic acids is 1. The number of rotatable bonds is 5. The number of benzene rings is 1. The average molecular weight is 295 g/mol. The summed E-state index contributed by atoms with van der Waals surface area (Å²) in [4.78, 5) is 12.9. The van der Waals surface area contributed by atoms with Crippen LogP contribution in [0.1, 0.15) is 39.8 Å². The lowest BCUT2D eigenvalue weighted by Gasteiger charge is -2.04. The first-order valence-corrected chi connectivity index (χ1v) is 7.36. The van der Waals surface area contributed by atoms with E-state index in [1.165, 1.54) is 11.5 Å². The highest BCUT2D eigenvalue weighted by atomic mass is 35.5. The van der Waals surface area contributed by atoms with Crippen LogP contribution in [-0.4, -0.2) is 15.4 Å². The van der Waals surface area contributed by atoms with Crippen LogP contribution in [0, 0.1) is 6.92 Å². The van der Waals surface area contributed by atoms with Crippen LogP contribution in [0.5, 0.6) is 0 Å². The van der Waals surface area contributed by atoms with Gasteiger partial charge < -0.3 is 0 Å². The lowest BCUT2D eigenvalue weighted by atomic mass is 10.0. The van der Waals surface area contributed by atoms with Crippen molar-refractivity contribution < 1.29 is 4.79 Å². The zero-order valence-electron chi connectivity index (χ0n) is 10.9.